The van der Waals surface area contributed by atoms with Gasteiger partial charge in [-0.3, -0.25) is 0 Å². The van der Waals surface area contributed by atoms with Crippen LogP contribution in [-0.2, 0) is 8.23 Å². The van der Waals surface area contributed by atoms with Gasteiger partial charge >= 0.3 is 8.56 Å². The summed E-state index contributed by atoms with van der Waals surface area (Å²) >= 11 is 0. The fourth-order valence-electron chi connectivity index (χ4n) is 3.65. The first-order valence-electron chi connectivity index (χ1n) is 9.80. The molecule has 0 aliphatic rings. The van der Waals surface area contributed by atoms with E-state index in [-0.39, 0.29) is 0 Å². The van der Waals surface area contributed by atoms with E-state index in [0.717, 1.165) is 0 Å². The van der Waals surface area contributed by atoms with Gasteiger partial charge in [0.15, 0.2) is 8.32 Å². The molecule has 0 fully saturated rings. The Kier molecular flexibility index (Phi) is 6.22. The van der Waals surface area contributed by atoms with E-state index >= 15 is 0 Å². The SMILES string of the molecule is C[Si](C)(C)O[Si](C)(O[Si](C)(c1ccccc1)c1ccccc1)c1ccccc1. The second-order valence-corrected chi connectivity index (χ2v) is 19.9. The van der Waals surface area contributed by atoms with Crippen LogP contribution < -0.4 is 15.6 Å². The predicted octanol–water partition coefficient (Wildman–Crippen LogP) is 4.22. The molecule has 3 aromatic rings. The van der Waals surface area contributed by atoms with E-state index in [1.807, 2.05) is 0 Å². The molecule has 0 spiro atoms. The number of hydrogen-bond donors (Lipinski definition) is 0. The molecule has 0 aromatic heterocycles. The Labute approximate surface area is 172 Å². The molecule has 0 saturated heterocycles. The molecule has 3 rings (SSSR count). The summed E-state index contributed by atoms with van der Waals surface area (Å²) in [6.45, 7) is 11.3. The zero-order valence-electron chi connectivity index (χ0n) is 17.5. The summed E-state index contributed by atoms with van der Waals surface area (Å²) in [5, 5.41) is 3.74. The molecule has 0 amide bonds. The summed E-state index contributed by atoms with van der Waals surface area (Å²) in [7, 11) is -6.92. The smallest absolute Gasteiger partial charge is 0.349 e. The lowest BCUT2D eigenvalue weighted by Crippen LogP contribution is -2.69. The van der Waals surface area contributed by atoms with Gasteiger partial charge in [-0.05, 0) is 48.3 Å². The molecule has 0 bridgehead atoms. The Hall–Kier alpha value is -1.77. The van der Waals surface area contributed by atoms with Crippen LogP contribution >= 0.6 is 0 Å². The van der Waals surface area contributed by atoms with E-state index in [1.165, 1.54) is 15.6 Å². The van der Waals surface area contributed by atoms with Crippen molar-refractivity contribution in [3.05, 3.63) is 91.0 Å². The zero-order chi connectivity index (χ0) is 20.3. The fourth-order valence-corrected chi connectivity index (χ4v) is 16.7. The van der Waals surface area contributed by atoms with Crippen molar-refractivity contribution < 1.29 is 8.23 Å². The highest BCUT2D eigenvalue weighted by Crippen LogP contribution is 2.21. The summed E-state index contributed by atoms with van der Waals surface area (Å²) in [6.07, 6.45) is 0. The monoisotopic (exact) mass is 422 g/mol. The fraction of sp³-hybridized carbons (Fsp3) is 0.217. The van der Waals surface area contributed by atoms with Crippen LogP contribution in [0, 0.1) is 0 Å². The van der Waals surface area contributed by atoms with Crippen LogP contribution in [0.3, 0.4) is 0 Å². The lowest BCUT2D eigenvalue weighted by molar-refractivity contribution is 0.410. The van der Waals surface area contributed by atoms with Crippen molar-refractivity contribution in [2.45, 2.75) is 32.7 Å². The van der Waals surface area contributed by atoms with E-state index < -0.39 is 25.2 Å². The van der Waals surface area contributed by atoms with Gasteiger partial charge in [-0.15, -0.1) is 0 Å². The van der Waals surface area contributed by atoms with E-state index in [0.29, 0.717) is 0 Å². The predicted molar refractivity (Wildman–Crippen MR) is 127 cm³/mol. The van der Waals surface area contributed by atoms with Gasteiger partial charge in [0.2, 0.25) is 8.32 Å². The first kappa shape index (κ1) is 21.0. The molecular formula is C23H30O2Si3. The first-order chi connectivity index (χ1) is 13.2. The topological polar surface area (TPSA) is 18.5 Å². The van der Waals surface area contributed by atoms with Crippen LogP contribution in [-0.4, -0.2) is 25.2 Å². The second-order valence-electron chi connectivity index (χ2n) is 8.39. The molecule has 28 heavy (non-hydrogen) atoms. The lowest BCUT2D eigenvalue weighted by Gasteiger charge is -2.41. The van der Waals surface area contributed by atoms with Crippen LogP contribution in [0.1, 0.15) is 0 Å². The van der Waals surface area contributed by atoms with Crippen molar-refractivity contribution in [1.29, 1.82) is 0 Å². The van der Waals surface area contributed by atoms with E-state index in [2.05, 4.69) is 124 Å². The van der Waals surface area contributed by atoms with Crippen molar-refractivity contribution in [3.63, 3.8) is 0 Å². The standard InChI is InChI=1S/C23H30O2Si3/c1-26(2,3)24-28(5,23-19-13-8-14-20-23)25-27(4,21-15-9-6-10-16-21)22-17-11-7-12-18-22/h6-20H,1-5H3. The minimum absolute atomic E-state index is 1.20. The number of benzene rings is 3. The number of hydrogen-bond acceptors (Lipinski definition) is 2. The first-order valence-corrected chi connectivity index (χ1v) is 17.9. The summed E-state index contributed by atoms with van der Waals surface area (Å²) < 4.78 is 14.1. The summed E-state index contributed by atoms with van der Waals surface area (Å²) in [4.78, 5) is 0. The van der Waals surface area contributed by atoms with Crippen LogP contribution in [0.5, 0.6) is 0 Å². The molecule has 5 heteroatoms. The third-order valence-electron chi connectivity index (χ3n) is 4.85. The van der Waals surface area contributed by atoms with Crippen molar-refractivity contribution in [1.82, 2.24) is 0 Å². The molecular weight excluding hydrogens is 393 g/mol. The quantitative estimate of drug-likeness (QED) is 0.531. The third-order valence-corrected chi connectivity index (χ3v) is 16.3. The lowest BCUT2D eigenvalue weighted by atomic mass is 10.4. The molecule has 2 nitrogen and oxygen atoms in total. The maximum absolute atomic E-state index is 7.25. The van der Waals surface area contributed by atoms with Gasteiger partial charge in [-0.2, -0.15) is 0 Å². The van der Waals surface area contributed by atoms with Crippen molar-refractivity contribution in [2.24, 2.45) is 0 Å². The molecule has 0 aliphatic heterocycles. The summed E-state index contributed by atoms with van der Waals surface area (Å²) in [5.74, 6) is 0. The Morgan fingerprint density at radius 3 is 1.18 bits per heavy atom. The molecule has 3 aromatic carbocycles. The highest BCUT2D eigenvalue weighted by atomic mass is 28.5. The third kappa shape index (κ3) is 4.79. The Morgan fingerprint density at radius 2 is 0.821 bits per heavy atom. The van der Waals surface area contributed by atoms with Gasteiger partial charge < -0.3 is 8.23 Å². The van der Waals surface area contributed by atoms with Gasteiger partial charge in [-0.25, -0.2) is 0 Å². The van der Waals surface area contributed by atoms with Gasteiger partial charge in [0, 0.05) is 0 Å². The van der Waals surface area contributed by atoms with Crippen LogP contribution in [0.4, 0.5) is 0 Å². The van der Waals surface area contributed by atoms with Gasteiger partial charge in [0.25, 0.3) is 0 Å². The highest BCUT2D eigenvalue weighted by molar-refractivity contribution is 7.04. The minimum atomic E-state index is -2.64. The molecule has 1 unspecified atom stereocenters. The number of rotatable bonds is 7. The highest BCUT2D eigenvalue weighted by Gasteiger charge is 2.47. The minimum Gasteiger partial charge on any atom is -0.433 e. The van der Waals surface area contributed by atoms with Crippen molar-refractivity contribution in [3.8, 4) is 0 Å². The van der Waals surface area contributed by atoms with E-state index in [9.17, 15) is 0 Å². The Balaban J connectivity index is 2.14. The van der Waals surface area contributed by atoms with E-state index in [4.69, 9.17) is 8.23 Å². The summed E-state index contributed by atoms with van der Waals surface area (Å²) in [5.41, 5.74) is 0. The molecule has 0 N–H and O–H groups in total. The molecule has 0 aliphatic carbocycles. The normalized spacial score (nSPS) is 14.5. The Bertz CT molecular complexity index is 840. The maximum atomic E-state index is 7.25. The van der Waals surface area contributed by atoms with Gasteiger partial charge in [0.1, 0.15) is 0 Å². The van der Waals surface area contributed by atoms with Crippen LogP contribution in [0.25, 0.3) is 0 Å². The van der Waals surface area contributed by atoms with Gasteiger partial charge in [-0.1, -0.05) is 91.0 Å². The molecule has 0 heterocycles. The average Bonchev–Trinajstić information content (AvgIpc) is 2.68. The molecule has 0 radical (unpaired) electrons. The maximum Gasteiger partial charge on any atom is 0.349 e. The second kappa shape index (κ2) is 8.31. The van der Waals surface area contributed by atoms with Crippen LogP contribution in [0.2, 0.25) is 32.7 Å². The largest absolute Gasteiger partial charge is 0.433 e. The van der Waals surface area contributed by atoms with Crippen molar-refractivity contribution >= 4 is 40.8 Å². The van der Waals surface area contributed by atoms with Gasteiger partial charge in [0.05, 0.1) is 0 Å². The molecule has 146 valence electrons. The molecule has 1 atom stereocenters. The average molecular weight is 423 g/mol. The zero-order valence-corrected chi connectivity index (χ0v) is 20.5. The summed E-state index contributed by atoms with van der Waals surface area (Å²) in [6, 6.07) is 31.9. The molecule has 0 saturated carbocycles. The van der Waals surface area contributed by atoms with E-state index in [1.54, 1.807) is 0 Å². The van der Waals surface area contributed by atoms with Crippen LogP contribution in [0.15, 0.2) is 91.0 Å². The Morgan fingerprint density at radius 1 is 0.464 bits per heavy atom. The van der Waals surface area contributed by atoms with Crippen molar-refractivity contribution in [2.75, 3.05) is 0 Å².